The molecule has 624 valence electrons. The quantitative estimate of drug-likeness (QED) is 0.0283. The maximum Gasteiger partial charge on any atom is 0.326 e. The maximum atomic E-state index is 15.0. The van der Waals surface area contributed by atoms with E-state index in [1.807, 2.05) is 13.8 Å². The average molecular weight is 1560 g/mol. The van der Waals surface area contributed by atoms with Crippen LogP contribution in [0.5, 0.6) is 0 Å². The van der Waals surface area contributed by atoms with Gasteiger partial charge in [0.2, 0.25) is 76.8 Å². The summed E-state index contributed by atoms with van der Waals surface area (Å²) in [6.07, 6.45) is 12.6. The smallest absolute Gasteiger partial charge is 0.326 e. The monoisotopic (exact) mass is 1560 g/mol. The van der Waals surface area contributed by atoms with Gasteiger partial charge in [-0.1, -0.05) is 52.0 Å². The predicted octanol–water partition coefficient (Wildman–Crippen LogP) is -2.04. The number of unbranched alkanes of at least 4 members (excludes halogenated alkanes) is 6. The lowest BCUT2D eigenvalue weighted by Gasteiger charge is -2.30. The second-order valence-corrected chi connectivity index (χ2v) is 29.8. The number of hydrogen-bond acceptors (Lipinski definition) is 21. The van der Waals surface area contributed by atoms with E-state index in [1.54, 1.807) is 38.2 Å². The zero-order chi connectivity index (χ0) is 81.5. The molecule has 3 aliphatic heterocycles. The number of nitrogens with zero attached hydrogens (tertiary/aromatic N) is 1. The van der Waals surface area contributed by atoms with Crippen molar-refractivity contribution in [3.05, 3.63) is 24.3 Å². The molecule has 0 spiro atoms. The lowest BCUT2D eigenvalue weighted by molar-refractivity contribution is -0.142. The van der Waals surface area contributed by atoms with Gasteiger partial charge >= 0.3 is 5.97 Å². The number of fused-ring (bicyclic) bond motifs is 7. The number of carboxylic acids is 1. The second kappa shape index (κ2) is 54.4. The fraction of sp³-hybridized carbons (Fsp3) is 0.760. The number of carboxylic acid groups (broad SMARTS) is 1. The minimum absolute atomic E-state index is 0.00370. The molecule has 13 amide bonds. The SMILES string of the molecule is CC(C)C[C@@H]1NC(=O)[C@H](CCCCN)NC(=O)[C@@H]2CC/C=C/CC[C@H](NC(=O)[C@H](CCCCN)NC(=O)[C@H](CC(C)C)NC(=O)[C@H](CCCCN)NC(=O)[C@@H](N)CC/C=C/CC[C@@H](C(=O)O)NC(=O)[C@H](CCCCN)NC1=O)C(=O)N[C@@H](CCCCN)C(=O)N1CCC[C@@H]1C(=O)NCC(=O)N[C@@H](CCCCN)C(=O)N2. The molecule has 110 heavy (non-hydrogen) atoms. The summed E-state index contributed by atoms with van der Waals surface area (Å²) in [6, 6.07) is -16.8. The fourth-order valence-corrected chi connectivity index (χ4v) is 13.2. The van der Waals surface area contributed by atoms with Gasteiger partial charge in [0.05, 0.1) is 12.6 Å². The van der Waals surface area contributed by atoms with Crippen LogP contribution in [0.25, 0.3) is 0 Å². The number of hydrogen-bond donors (Lipinski definition) is 20. The fourth-order valence-electron chi connectivity index (χ4n) is 13.2. The van der Waals surface area contributed by atoms with Gasteiger partial charge in [0.1, 0.15) is 72.5 Å². The van der Waals surface area contributed by atoms with Crippen molar-refractivity contribution < 1.29 is 72.2 Å². The van der Waals surface area contributed by atoms with Crippen molar-refractivity contribution in [1.29, 1.82) is 0 Å². The van der Waals surface area contributed by atoms with Gasteiger partial charge in [0.25, 0.3) is 0 Å². The van der Waals surface area contributed by atoms with Crippen LogP contribution in [0.1, 0.15) is 220 Å². The van der Waals surface area contributed by atoms with Crippen LogP contribution in [0, 0.1) is 11.8 Å². The Morgan fingerprint density at radius 2 is 0.700 bits per heavy atom. The summed E-state index contributed by atoms with van der Waals surface area (Å²) in [5.41, 5.74) is 41.7. The molecule has 0 aromatic heterocycles. The third-order valence-corrected chi connectivity index (χ3v) is 19.5. The van der Waals surface area contributed by atoms with E-state index in [-0.39, 0.29) is 167 Å². The molecule has 27 N–H and O–H groups in total. The molecule has 3 rings (SSSR count). The molecule has 0 aromatic carbocycles. The molecule has 3 heterocycles. The predicted molar refractivity (Wildman–Crippen MR) is 416 cm³/mol. The van der Waals surface area contributed by atoms with Crippen LogP contribution < -0.4 is 104 Å². The highest BCUT2D eigenvalue weighted by atomic mass is 16.4. The van der Waals surface area contributed by atoms with Gasteiger partial charge in [0, 0.05) is 6.54 Å². The van der Waals surface area contributed by atoms with Crippen molar-refractivity contribution in [3.8, 4) is 0 Å². The molecule has 0 aliphatic carbocycles. The maximum absolute atomic E-state index is 15.0. The van der Waals surface area contributed by atoms with Crippen LogP contribution in [0.4, 0.5) is 0 Å². The van der Waals surface area contributed by atoms with Crippen LogP contribution in [0.3, 0.4) is 0 Å². The standard InChI is InChI=1S/C75H134N20O15/c1-47(2)44-59-71(105)89-54(31-15-21-39-78)66(100)87-53-28-11-8-7-10-27-52(86-64(98)50(29-13-19-37-76)84-62(96)46-83-73(107)61-36-25-43-95(61)74(108)57(91-67(53)101)34-18-24-42-81)65(99)88-56(33-17-23-41-80)70(104)94-60(45-48(3)4)72(106)90-55(32-16-22-40-79)68(102)92-58(75(109)110)35-12-6-5-9-26-49(82)63(97)85-51(69(103)93-59)30-14-20-38-77/h5-8,47-61H,9-46,76-82H2,1-4H3,(H,83,107)(H,84,96)(H,85,97)(H,86,98)(H,87,100)(H,88,99)(H,89,105)(H,90,106)(H,91,101)(H,92,102)(H,93,103)(H,94,104)(H,109,110)/b6-5+,8-7+/t49-,50-,51-,52-,53-,54-,55-,56-,57-,58-,59-,60-,61+/m0/s1. The van der Waals surface area contributed by atoms with Gasteiger partial charge in [-0.3, -0.25) is 62.3 Å². The largest absolute Gasteiger partial charge is 0.480 e. The molecule has 0 aromatic rings. The highest BCUT2D eigenvalue weighted by Gasteiger charge is 2.41. The van der Waals surface area contributed by atoms with Crippen molar-refractivity contribution >= 4 is 82.8 Å². The third-order valence-electron chi connectivity index (χ3n) is 19.5. The first-order valence-electron chi connectivity index (χ1n) is 40.0. The van der Waals surface area contributed by atoms with E-state index in [4.69, 9.17) is 40.1 Å². The first-order chi connectivity index (χ1) is 52.6. The molecule has 0 saturated carbocycles. The molecule has 0 radical (unpaired) electrons. The molecule has 35 nitrogen and oxygen atoms in total. The van der Waals surface area contributed by atoms with Crippen molar-refractivity contribution in [2.24, 2.45) is 52.0 Å². The van der Waals surface area contributed by atoms with E-state index < -0.39 is 168 Å². The highest BCUT2D eigenvalue weighted by Crippen LogP contribution is 2.22. The zero-order valence-electron chi connectivity index (χ0n) is 65.5. The Labute approximate surface area is 648 Å². The number of aliphatic carboxylic acids is 1. The van der Waals surface area contributed by atoms with Crippen molar-refractivity contribution in [2.75, 3.05) is 52.4 Å². The number of amides is 13. The summed E-state index contributed by atoms with van der Waals surface area (Å²) in [7, 11) is 0. The van der Waals surface area contributed by atoms with Crippen LogP contribution >= 0.6 is 0 Å². The minimum Gasteiger partial charge on any atom is -0.480 e. The first kappa shape index (κ1) is 96.0. The van der Waals surface area contributed by atoms with E-state index in [0.29, 0.717) is 83.5 Å². The summed E-state index contributed by atoms with van der Waals surface area (Å²) < 4.78 is 0. The van der Waals surface area contributed by atoms with E-state index in [1.165, 1.54) is 4.90 Å². The van der Waals surface area contributed by atoms with Crippen molar-refractivity contribution in [2.45, 2.75) is 299 Å². The Morgan fingerprint density at radius 3 is 1.09 bits per heavy atom. The summed E-state index contributed by atoms with van der Waals surface area (Å²) in [5, 5.41) is 43.4. The van der Waals surface area contributed by atoms with E-state index >= 15 is 4.79 Å². The summed E-state index contributed by atoms with van der Waals surface area (Å²) in [6.45, 7) is 8.19. The molecular weight excluding hydrogens is 1420 g/mol. The average Bonchev–Trinajstić information content (AvgIpc) is 1.63. The number of carbonyl (C=O) groups is 14. The molecule has 13 atom stereocenters. The van der Waals surface area contributed by atoms with Gasteiger partial charge in [-0.05, 0) is 244 Å². The number of allylic oxidation sites excluding steroid dienone is 4. The topological polar surface area (TPSA) is 589 Å². The zero-order valence-corrected chi connectivity index (χ0v) is 65.5. The highest BCUT2D eigenvalue weighted by molar-refractivity contribution is 6.00. The molecule has 2 bridgehead atoms. The van der Waals surface area contributed by atoms with E-state index in [9.17, 15) is 67.4 Å². The number of nitrogens with two attached hydrogens (primary N) is 7. The lowest BCUT2D eigenvalue weighted by Crippen LogP contribution is -2.60. The van der Waals surface area contributed by atoms with Crippen molar-refractivity contribution in [1.82, 2.24) is 68.7 Å². The normalized spacial score (nSPS) is 26.9. The number of rotatable bonds is 29. The molecular formula is C75H134N20O15. The van der Waals surface area contributed by atoms with Crippen LogP contribution in [0.15, 0.2) is 24.3 Å². The Bertz CT molecular complexity index is 2980. The van der Waals surface area contributed by atoms with E-state index in [2.05, 4.69) is 63.8 Å². The van der Waals surface area contributed by atoms with Gasteiger partial charge in [-0.25, -0.2) is 4.79 Å². The molecule has 1 fully saturated rings. The molecule has 35 heteroatoms. The van der Waals surface area contributed by atoms with Crippen molar-refractivity contribution in [3.63, 3.8) is 0 Å². The van der Waals surface area contributed by atoms with Crippen LogP contribution in [0.2, 0.25) is 0 Å². The Balaban J connectivity index is 2.36. The molecule has 0 unspecified atom stereocenters. The van der Waals surface area contributed by atoms with Gasteiger partial charge in [-0.15, -0.1) is 0 Å². The summed E-state index contributed by atoms with van der Waals surface area (Å²) in [5.74, 6) is -11.7. The lowest BCUT2D eigenvalue weighted by atomic mass is 10.00. The number of carbonyl (C=O) groups excluding carboxylic acids is 13. The third kappa shape index (κ3) is 36.7. The van der Waals surface area contributed by atoms with Gasteiger partial charge in [0.15, 0.2) is 0 Å². The van der Waals surface area contributed by atoms with Crippen LogP contribution in [-0.4, -0.2) is 224 Å². The Hall–Kier alpha value is -8.22. The first-order valence-corrected chi connectivity index (χ1v) is 40.0. The van der Waals surface area contributed by atoms with E-state index in [0.717, 1.165) is 0 Å². The number of nitrogens with one attached hydrogen (secondary N) is 12. The molecule has 3 aliphatic rings. The Kier molecular flexibility index (Phi) is 47.5. The minimum atomic E-state index is -1.43. The van der Waals surface area contributed by atoms with Crippen LogP contribution in [-0.2, 0) is 67.1 Å². The van der Waals surface area contributed by atoms with Gasteiger partial charge in [-0.2, -0.15) is 0 Å². The summed E-state index contributed by atoms with van der Waals surface area (Å²) >= 11 is 0. The second-order valence-electron chi connectivity index (χ2n) is 29.8. The van der Waals surface area contributed by atoms with Gasteiger partial charge < -0.3 is 114 Å². The Morgan fingerprint density at radius 1 is 0.382 bits per heavy atom. The molecule has 1 saturated heterocycles. The summed E-state index contributed by atoms with van der Waals surface area (Å²) in [4.78, 5) is 203.